The minimum Gasteiger partial charge on any atom is -0.295 e. The zero-order valence-corrected chi connectivity index (χ0v) is 10.5. The van der Waals surface area contributed by atoms with Crippen molar-refractivity contribution in [1.29, 1.82) is 0 Å². The Balaban J connectivity index is 2.33. The summed E-state index contributed by atoms with van der Waals surface area (Å²) in [6, 6.07) is 4.21. The smallest absolute Gasteiger partial charge is 0.295 e. The monoisotopic (exact) mass is 267 g/mol. The number of H-pyrrole nitrogens is 1. The lowest BCUT2D eigenvalue weighted by molar-refractivity contribution is 0.101. The largest absolute Gasteiger partial charge is 0.343 e. The minimum absolute atomic E-state index is 0.197. The van der Waals surface area contributed by atoms with Crippen LogP contribution in [0.1, 0.15) is 17.3 Å². The first-order valence-electron chi connectivity index (χ1n) is 5.09. The number of aromatic nitrogens is 3. The standard InChI is InChI=1S/C11H10FN3O2S/c1-6(16)7-3-4-9(8(12)5-7)18-11-14-13-10(17)15(11)2/h3-5H,1-2H3,(H,13,17). The first kappa shape index (κ1) is 12.6. The van der Waals surface area contributed by atoms with Crippen LogP contribution < -0.4 is 5.69 Å². The van der Waals surface area contributed by atoms with Gasteiger partial charge in [-0.05, 0) is 30.8 Å². The third-order valence-corrected chi connectivity index (χ3v) is 3.48. The van der Waals surface area contributed by atoms with E-state index >= 15 is 0 Å². The zero-order chi connectivity index (χ0) is 13.3. The number of rotatable bonds is 3. The molecule has 1 aromatic carbocycles. The average Bonchev–Trinajstić information content (AvgIpc) is 2.63. The van der Waals surface area contributed by atoms with Gasteiger partial charge in [0.1, 0.15) is 5.82 Å². The van der Waals surface area contributed by atoms with Gasteiger partial charge in [0.2, 0.25) is 0 Å². The topological polar surface area (TPSA) is 67.8 Å². The summed E-state index contributed by atoms with van der Waals surface area (Å²) in [7, 11) is 1.54. The lowest BCUT2D eigenvalue weighted by Crippen LogP contribution is -2.12. The normalized spacial score (nSPS) is 10.6. The van der Waals surface area contributed by atoms with Gasteiger partial charge in [0.25, 0.3) is 0 Å². The van der Waals surface area contributed by atoms with Crippen molar-refractivity contribution in [3.05, 3.63) is 40.1 Å². The van der Waals surface area contributed by atoms with Crippen molar-refractivity contribution < 1.29 is 9.18 Å². The van der Waals surface area contributed by atoms with Crippen molar-refractivity contribution in [2.24, 2.45) is 7.05 Å². The third-order valence-electron chi connectivity index (χ3n) is 2.38. The number of nitrogens with one attached hydrogen (secondary N) is 1. The predicted molar refractivity (Wildman–Crippen MR) is 64.4 cm³/mol. The number of hydrogen-bond donors (Lipinski definition) is 1. The van der Waals surface area contributed by atoms with Crippen LogP contribution in [0.2, 0.25) is 0 Å². The number of carbonyl (C=O) groups is 1. The maximum absolute atomic E-state index is 13.7. The number of hydrogen-bond acceptors (Lipinski definition) is 4. The van der Waals surface area contributed by atoms with E-state index in [1.807, 2.05) is 0 Å². The fourth-order valence-corrected chi connectivity index (χ4v) is 2.13. The second kappa shape index (κ2) is 4.77. The van der Waals surface area contributed by atoms with E-state index in [2.05, 4.69) is 10.2 Å². The van der Waals surface area contributed by atoms with Crippen LogP contribution in [0, 0.1) is 5.82 Å². The molecule has 2 rings (SSSR count). The molecule has 7 heteroatoms. The van der Waals surface area contributed by atoms with Crippen LogP contribution in [-0.2, 0) is 7.05 Å². The molecule has 0 aliphatic carbocycles. The summed E-state index contributed by atoms with van der Waals surface area (Å²) >= 11 is 1.02. The summed E-state index contributed by atoms with van der Waals surface area (Å²) in [4.78, 5) is 22.5. The highest BCUT2D eigenvalue weighted by molar-refractivity contribution is 7.99. The van der Waals surface area contributed by atoms with Crippen molar-refractivity contribution in [1.82, 2.24) is 14.8 Å². The van der Waals surface area contributed by atoms with Crippen molar-refractivity contribution in [2.45, 2.75) is 17.0 Å². The predicted octanol–water partition coefficient (Wildman–Crippen LogP) is 1.60. The quantitative estimate of drug-likeness (QED) is 0.858. The molecule has 0 saturated carbocycles. The Labute approximate surface area is 106 Å². The van der Waals surface area contributed by atoms with Crippen LogP contribution in [-0.4, -0.2) is 20.5 Å². The fraction of sp³-hybridized carbons (Fsp3) is 0.182. The highest BCUT2D eigenvalue weighted by atomic mass is 32.2. The second-order valence-corrected chi connectivity index (χ2v) is 4.68. The van der Waals surface area contributed by atoms with Crippen LogP contribution >= 0.6 is 11.8 Å². The maximum Gasteiger partial charge on any atom is 0.343 e. The highest BCUT2D eigenvalue weighted by Crippen LogP contribution is 2.27. The molecule has 94 valence electrons. The molecule has 1 N–H and O–H groups in total. The van der Waals surface area contributed by atoms with Gasteiger partial charge in [-0.3, -0.25) is 9.36 Å². The minimum atomic E-state index is -0.511. The van der Waals surface area contributed by atoms with E-state index in [4.69, 9.17) is 0 Å². The molecule has 0 aliphatic heterocycles. The summed E-state index contributed by atoms with van der Waals surface area (Å²) in [5.41, 5.74) is -0.0500. The van der Waals surface area contributed by atoms with Gasteiger partial charge in [-0.1, -0.05) is 6.07 Å². The van der Waals surface area contributed by atoms with E-state index in [9.17, 15) is 14.0 Å². The van der Waals surface area contributed by atoms with Crippen molar-refractivity contribution in [3.8, 4) is 0 Å². The number of benzene rings is 1. The molecule has 1 aromatic heterocycles. The van der Waals surface area contributed by atoms with Gasteiger partial charge in [-0.25, -0.2) is 14.3 Å². The molecule has 2 aromatic rings. The second-order valence-electron chi connectivity index (χ2n) is 3.67. The van der Waals surface area contributed by atoms with Crippen LogP contribution in [0.15, 0.2) is 33.0 Å². The zero-order valence-electron chi connectivity index (χ0n) is 9.73. The van der Waals surface area contributed by atoms with Crippen LogP contribution in [0.25, 0.3) is 0 Å². The van der Waals surface area contributed by atoms with Crippen LogP contribution in [0.5, 0.6) is 0 Å². The third kappa shape index (κ3) is 2.35. The summed E-state index contributed by atoms with van der Waals surface area (Å²) in [6.07, 6.45) is 0. The molecule has 0 aliphatic rings. The summed E-state index contributed by atoms with van der Waals surface area (Å²) < 4.78 is 15.0. The van der Waals surface area contributed by atoms with E-state index in [0.717, 1.165) is 11.8 Å². The molecule has 5 nitrogen and oxygen atoms in total. The number of carbonyl (C=O) groups excluding carboxylic acids is 1. The Morgan fingerprint density at radius 1 is 1.50 bits per heavy atom. The Morgan fingerprint density at radius 3 is 2.72 bits per heavy atom. The molecule has 0 fully saturated rings. The average molecular weight is 267 g/mol. The number of Topliss-reactive ketones (excluding diaryl/α,β-unsaturated/α-hetero) is 1. The Kier molecular flexibility index (Phi) is 3.33. The summed E-state index contributed by atoms with van der Waals surface area (Å²) in [5, 5.41) is 6.39. The lowest BCUT2D eigenvalue weighted by Gasteiger charge is -2.03. The molecule has 0 amide bonds. The molecule has 0 radical (unpaired) electrons. The Morgan fingerprint density at radius 2 is 2.22 bits per heavy atom. The lowest BCUT2D eigenvalue weighted by atomic mass is 10.1. The maximum atomic E-state index is 13.7. The number of ketones is 1. The number of aromatic amines is 1. The van der Waals surface area contributed by atoms with Gasteiger partial charge in [0.05, 0.1) is 4.90 Å². The van der Waals surface area contributed by atoms with Gasteiger partial charge in [0.15, 0.2) is 10.9 Å². The van der Waals surface area contributed by atoms with Crippen molar-refractivity contribution in [3.63, 3.8) is 0 Å². The molecule has 1 heterocycles. The number of halogens is 1. The van der Waals surface area contributed by atoms with Gasteiger partial charge in [-0.15, -0.1) is 5.10 Å². The van der Waals surface area contributed by atoms with Crippen molar-refractivity contribution >= 4 is 17.5 Å². The number of nitrogens with zero attached hydrogens (tertiary/aromatic N) is 2. The summed E-state index contributed by atoms with van der Waals surface area (Å²) in [6.45, 7) is 1.37. The van der Waals surface area contributed by atoms with Gasteiger partial charge in [-0.2, -0.15) is 0 Å². The van der Waals surface area contributed by atoms with Gasteiger partial charge in [0, 0.05) is 12.6 Å². The molecule has 0 saturated heterocycles. The molecule has 0 atom stereocenters. The van der Waals surface area contributed by atoms with E-state index in [1.165, 1.54) is 30.7 Å². The molecular weight excluding hydrogens is 257 g/mol. The SMILES string of the molecule is CC(=O)c1ccc(Sc2n[nH]c(=O)n2C)c(F)c1. The highest BCUT2D eigenvalue weighted by Gasteiger charge is 2.11. The molecule has 0 unspecified atom stereocenters. The molecule has 18 heavy (non-hydrogen) atoms. The van der Waals surface area contributed by atoms with Crippen molar-refractivity contribution in [2.75, 3.05) is 0 Å². The van der Waals surface area contributed by atoms with Gasteiger partial charge < -0.3 is 0 Å². The Hall–Kier alpha value is -1.89. The fourth-order valence-electron chi connectivity index (χ4n) is 1.32. The molecular formula is C11H10FN3O2S. The Bertz CT molecular complexity index is 663. The first-order chi connectivity index (χ1) is 8.49. The van der Waals surface area contributed by atoms with E-state index in [-0.39, 0.29) is 11.5 Å². The van der Waals surface area contributed by atoms with Crippen LogP contribution in [0.4, 0.5) is 4.39 Å². The summed E-state index contributed by atoms with van der Waals surface area (Å²) in [5.74, 6) is -0.708. The van der Waals surface area contributed by atoms with Crippen LogP contribution in [0.3, 0.4) is 0 Å². The first-order valence-corrected chi connectivity index (χ1v) is 5.90. The van der Waals surface area contributed by atoms with Gasteiger partial charge >= 0.3 is 5.69 Å². The molecule has 0 bridgehead atoms. The molecule has 0 spiro atoms. The van der Waals surface area contributed by atoms with E-state index in [0.29, 0.717) is 15.6 Å². The van der Waals surface area contributed by atoms with E-state index in [1.54, 1.807) is 6.07 Å². The van der Waals surface area contributed by atoms with E-state index < -0.39 is 5.82 Å².